The van der Waals surface area contributed by atoms with Gasteiger partial charge in [0.2, 0.25) is 0 Å². The van der Waals surface area contributed by atoms with Gasteiger partial charge in [-0.3, -0.25) is 0 Å². The minimum absolute atomic E-state index is 0.167. The molecule has 0 unspecified atom stereocenters. The number of benzene rings is 1. The van der Waals surface area contributed by atoms with Crippen LogP contribution in [0.5, 0.6) is 11.5 Å². The zero-order valence-electron chi connectivity index (χ0n) is 10.1. The third-order valence-corrected chi connectivity index (χ3v) is 2.84. The average molecular weight is 237 g/mol. The molecule has 1 aromatic rings. The first-order chi connectivity index (χ1) is 8.35. The normalized spacial score (nSPS) is 15.6. The number of aliphatic hydroxyl groups is 1. The number of nitrogens with one attached hydrogen (secondary N) is 1. The number of fused-ring (bicyclic) bond motifs is 1. The molecule has 1 atom stereocenters. The number of aliphatic hydroxyl groups excluding tert-OH is 1. The number of rotatable bonds is 5. The lowest BCUT2D eigenvalue weighted by Crippen LogP contribution is -2.22. The van der Waals surface area contributed by atoms with Crippen molar-refractivity contribution in [2.75, 3.05) is 26.4 Å². The summed E-state index contributed by atoms with van der Waals surface area (Å²) in [6, 6.07) is 6.13. The predicted molar refractivity (Wildman–Crippen MR) is 65.6 cm³/mol. The van der Waals surface area contributed by atoms with Gasteiger partial charge in [-0.2, -0.15) is 0 Å². The van der Waals surface area contributed by atoms with E-state index in [0.29, 0.717) is 19.6 Å². The molecule has 0 spiro atoms. The van der Waals surface area contributed by atoms with Gasteiger partial charge in [0.05, 0.1) is 0 Å². The monoisotopic (exact) mass is 237 g/mol. The lowest BCUT2D eigenvalue weighted by Gasteiger charge is -2.22. The van der Waals surface area contributed by atoms with Crippen molar-refractivity contribution in [1.82, 2.24) is 5.32 Å². The largest absolute Gasteiger partial charge is 0.486 e. The summed E-state index contributed by atoms with van der Waals surface area (Å²) in [6.07, 6.45) is 0.702. The van der Waals surface area contributed by atoms with E-state index >= 15 is 0 Å². The molecular formula is C13H19NO3. The molecule has 2 rings (SSSR count). The maximum atomic E-state index is 9.07. The second kappa shape index (κ2) is 5.89. The summed E-state index contributed by atoms with van der Waals surface area (Å²) in [4.78, 5) is 0. The van der Waals surface area contributed by atoms with E-state index in [1.165, 1.54) is 0 Å². The van der Waals surface area contributed by atoms with Crippen LogP contribution in [0.3, 0.4) is 0 Å². The molecule has 0 fully saturated rings. The highest BCUT2D eigenvalue weighted by Crippen LogP contribution is 2.33. The Labute approximate surface area is 102 Å². The van der Waals surface area contributed by atoms with Gasteiger partial charge in [0.25, 0.3) is 0 Å². The van der Waals surface area contributed by atoms with E-state index in [4.69, 9.17) is 14.6 Å². The minimum Gasteiger partial charge on any atom is -0.486 e. The summed E-state index contributed by atoms with van der Waals surface area (Å²) in [6.45, 7) is 4.32. The Kier molecular flexibility index (Phi) is 4.23. The highest BCUT2D eigenvalue weighted by atomic mass is 16.6. The molecular weight excluding hydrogens is 218 g/mol. The zero-order valence-corrected chi connectivity index (χ0v) is 10.1. The first-order valence-electron chi connectivity index (χ1n) is 6.09. The van der Waals surface area contributed by atoms with Gasteiger partial charge < -0.3 is 19.9 Å². The van der Waals surface area contributed by atoms with E-state index < -0.39 is 0 Å². The van der Waals surface area contributed by atoms with Crippen molar-refractivity contribution in [2.24, 2.45) is 0 Å². The molecule has 1 aliphatic rings. The van der Waals surface area contributed by atoms with Gasteiger partial charge in [-0.25, -0.2) is 0 Å². The van der Waals surface area contributed by atoms with Gasteiger partial charge >= 0.3 is 0 Å². The summed E-state index contributed by atoms with van der Waals surface area (Å²) in [5.41, 5.74) is 1.13. The molecule has 4 heteroatoms. The molecule has 1 aromatic carbocycles. The molecule has 4 nitrogen and oxygen atoms in total. The van der Waals surface area contributed by atoms with E-state index in [9.17, 15) is 0 Å². The Balaban J connectivity index is 2.18. The van der Waals surface area contributed by atoms with Gasteiger partial charge in [-0.1, -0.05) is 13.0 Å². The van der Waals surface area contributed by atoms with Gasteiger partial charge in [0.1, 0.15) is 13.2 Å². The van der Waals surface area contributed by atoms with Crippen molar-refractivity contribution in [3.05, 3.63) is 23.8 Å². The minimum atomic E-state index is 0.167. The first kappa shape index (κ1) is 12.2. The molecule has 0 saturated carbocycles. The molecule has 0 bridgehead atoms. The lowest BCUT2D eigenvalue weighted by atomic mass is 10.0. The Morgan fingerprint density at radius 3 is 2.76 bits per heavy atom. The van der Waals surface area contributed by atoms with Crippen LogP contribution in [0, 0.1) is 0 Å². The predicted octanol–water partition coefficient (Wildman–Crippen LogP) is 1.49. The van der Waals surface area contributed by atoms with Gasteiger partial charge in [-0.15, -0.1) is 0 Å². The van der Waals surface area contributed by atoms with Gasteiger partial charge in [-0.05, 0) is 30.7 Å². The molecule has 0 amide bonds. The molecule has 94 valence electrons. The molecule has 17 heavy (non-hydrogen) atoms. The third kappa shape index (κ3) is 2.90. The van der Waals surface area contributed by atoms with Crippen LogP contribution in [0.15, 0.2) is 18.2 Å². The van der Waals surface area contributed by atoms with Crippen molar-refractivity contribution >= 4 is 0 Å². The molecule has 1 heterocycles. The lowest BCUT2D eigenvalue weighted by molar-refractivity contribution is 0.171. The molecule has 1 aliphatic heterocycles. The van der Waals surface area contributed by atoms with E-state index in [0.717, 1.165) is 23.6 Å². The van der Waals surface area contributed by atoms with Gasteiger partial charge in [0.15, 0.2) is 11.5 Å². The van der Waals surface area contributed by atoms with Crippen LogP contribution in [0.4, 0.5) is 0 Å². The average Bonchev–Trinajstić information content (AvgIpc) is 2.38. The van der Waals surface area contributed by atoms with E-state index in [2.05, 4.69) is 12.2 Å². The topological polar surface area (TPSA) is 50.7 Å². The quantitative estimate of drug-likeness (QED) is 0.814. The molecule has 0 radical (unpaired) electrons. The van der Waals surface area contributed by atoms with E-state index in [1.54, 1.807) is 0 Å². The highest BCUT2D eigenvalue weighted by molar-refractivity contribution is 5.44. The van der Waals surface area contributed by atoms with Gasteiger partial charge in [0, 0.05) is 12.6 Å². The molecule has 0 aliphatic carbocycles. The highest BCUT2D eigenvalue weighted by Gasteiger charge is 2.15. The van der Waals surface area contributed by atoms with Crippen LogP contribution in [0.2, 0.25) is 0 Å². The SMILES string of the molecule is CCN[C@@H](CCO)c1ccc2c(c1)OCCO2. The van der Waals surface area contributed by atoms with Crippen molar-refractivity contribution in [1.29, 1.82) is 0 Å². The Hall–Kier alpha value is -1.26. The zero-order chi connectivity index (χ0) is 12.1. The summed E-state index contributed by atoms with van der Waals surface area (Å²) >= 11 is 0. The van der Waals surface area contributed by atoms with Crippen LogP contribution >= 0.6 is 0 Å². The van der Waals surface area contributed by atoms with Crippen LogP contribution in [0.1, 0.15) is 24.9 Å². The maximum Gasteiger partial charge on any atom is 0.161 e. The van der Waals surface area contributed by atoms with E-state index in [1.807, 2.05) is 18.2 Å². The maximum absolute atomic E-state index is 9.07. The molecule has 0 aromatic heterocycles. The molecule has 2 N–H and O–H groups in total. The Morgan fingerprint density at radius 2 is 2.06 bits per heavy atom. The number of hydrogen-bond acceptors (Lipinski definition) is 4. The van der Waals surface area contributed by atoms with Crippen LogP contribution < -0.4 is 14.8 Å². The number of hydrogen-bond donors (Lipinski definition) is 2. The van der Waals surface area contributed by atoms with Crippen molar-refractivity contribution in [3.8, 4) is 11.5 Å². The van der Waals surface area contributed by atoms with Crippen molar-refractivity contribution in [2.45, 2.75) is 19.4 Å². The van der Waals surface area contributed by atoms with Crippen LogP contribution in [-0.2, 0) is 0 Å². The van der Waals surface area contributed by atoms with Crippen molar-refractivity contribution < 1.29 is 14.6 Å². The second-order valence-corrected chi connectivity index (χ2v) is 4.03. The number of ether oxygens (including phenoxy) is 2. The van der Waals surface area contributed by atoms with Crippen LogP contribution in [0.25, 0.3) is 0 Å². The first-order valence-corrected chi connectivity index (χ1v) is 6.09. The van der Waals surface area contributed by atoms with Crippen LogP contribution in [-0.4, -0.2) is 31.5 Å². The summed E-state index contributed by atoms with van der Waals surface area (Å²) in [5, 5.41) is 12.4. The fourth-order valence-electron chi connectivity index (χ4n) is 2.04. The summed E-state index contributed by atoms with van der Waals surface area (Å²) in [7, 11) is 0. The van der Waals surface area contributed by atoms with E-state index in [-0.39, 0.29) is 12.6 Å². The fourth-order valence-corrected chi connectivity index (χ4v) is 2.04. The summed E-state index contributed by atoms with van der Waals surface area (Å²) < 4.78 is 11.0. The smallest absolute Gasteiger partial charge is 0.161 e. The second-order valence-electron chi connectivity index (χ2n) is 4.03. The third-order valence-electron chi connectivity index (χ3n) is 2.84. The Morgan fingerprint density at radius 1 is 1.29 bits per heavy atom. The standard InChI is InChI=1S/C13H19NO3/c1-2-14-11(5-6-15)10-3-4-12-13(9-10)17-8-7-16-12/h3-4,9,11,14-15H,2,5-8H2,1H3/t11-/m0/s1. The van der Waals surface area contributed by atoms with Crippen molar-refractivity contribution in [3.63, 3.8) is 0 Å². The fraction of sp³-hybridized carbons (Fsp3) is 0.538. The Bertz CT molecular complexity index is 362. The summed E-state index contributed by atoms with van der Waals surface area (Å²) in [5.74, 6) is 1.61. The molecule has 0 saturated heterocycles.